The summed E-state index contributed by atoms with van der Waals surface area (Å²) in [6, 6.07) is 3.51. The molecule has 0 unspecified atom stereocenters. The van der Waals surface area contributed by atoms with E-state index in [9.17, 15) is 4.79 Å². The number of ketones is 1. The molecule has 5 heteroatoms. The van der Waals surface area contributed by atoms with Crippen LogP contribution in [0.5, 0.6) is 0 Å². The zero-order valence-corrected chi connectivity index (χ0v) is 12.2. The van der Waals surface area contributed by atoms with Gasteiger partial charge in [-0.25, -0.2) is 0 Å². The summed E-state index contributed by atoms with van der Waals surface area (Å²) < 4.78 is 8.09. The van der Waals surface area contributed by atoms with Crippen molar-refractivity contribution in [2.75, 3.05) is 0 Å². The number of carbonyl (C=O) groups is 1. The molecule has 0 aliphatic heterocycles. The van der Waals surface area contributed by atoms with Crippen LogP contribution in [0.4, 0.5) is 0 Å². The highest BCUT2D eigenvalue weighted by atomic mass is 79.9. The Morgan fingerprint density at radius 2 is 2.17 bits per heavy atom. The standard InChI is InChI=1S/C13H15BrN2O2/c1-4-16-10(13(14)9(3)15-16)7-11(17)12-6-5-8(2)18-12/h5-6H,4,7H2,1-3H3. The normalized spacial score (nSPS) is 10.9. The summed E-state index contributed by atoms with van der Waals surface area (Å²) in [6.45, 7) is 6.49. The van der Waals surface area contributed by atoms with Gasteiger partial charge < -0.3 is 4.42 Å². The summed E-state index contributed by atoms with van der Waals surface area (Å²) in [5.41, 5.74) is 1.80. The minimum absolute atomic E-state index is 0.0293. The van der Waals surface area contributed by atoms with E-state index in [1.165, 1.54) is 0 Å². The lowest BCUT2D eigenvalue weighted by molar-refractivity contribution is 0.0962. The lowest BCUT2D eigenvalue weighted by atomic mass is 10.1. The van der Waals surface area contributed by atoms with E-state index in [1.807, 2.05) is 25.5 Å². The van der Waals surface area contributed by atoms with E-state index in [4.69, 9.17) is 4.42 Å². The number of nitrogens with zero attached hydrogens (tertiary/aromatic N) is 2. The first-order chi connectivity index (χ1) is 8.52. The van der Waals surface area contributed by atoms with Gasteiger partial charge in [-0.3, -0.25) is 9.48 Å². The van der Waals surface area contributed by atoms with E-state index in [0.29, 0.717) is 12.2 Å². The van der Waals surface area contributed by atoms with Crippen LogP contribution in [-0.2, 0) is 13.0 Å². The van der Waals surface area contributed by atoms with Crippen molar-refractivity contribution < 1.29 is 9.21 Å². The predicted octanol–water partition coefficient (Wildman–Crippen LogP) is 3.30. The van der Waals surface area contributed by atoms with E-state index in [2.05, 4.69) is 21.0 Å². The summed E-state index contributed by atoms with van der Waals surface area (Å²) in [5.74, 6) is 1.12. The van der Waals surface area contributed by atoms with Crippen molar-refractivity contribution in [3.05, 3.63) is 39.5 Å². The van der Waals surface area contributed by atoms with E-state index in [0.717, 1.165) is 28.2 Å². The molecule has 18 heavy (non-hydrogen) atoms. The minimum Gasteiger partial charge on any atom is -0.458 e. The lowest BCUT2D eigenvalue weighted by Crippen LogP contribution is -2.09. The number of aryl methyl sites for hydroxylation is 3. The average molecular weight is 311 g/mol. The minimum atomic E-state index is -0.0293. The monoisotopic (exact) mass is 310 g/mol. The van der Waals surface area contributed by atoms with Gasteiger partial charge in [0.15, 0.2) is 5.76 Å². The van der Waals surface area contributed by atoms with Gasteiger partial charge in [0, 0.05) is 6.54 Å². The SMILES string of the molecule is CCn1nc(C)c(Br)c1CC(=O)c1ccc(C)o1. The summed E-state index contributed by atoms with van der Waals surface area (Å²) in [7, 11) is 0. The molecule has 4 nitrogen and oxygen atoms in total. The van der Waals surface area contributed by atoms with Crippen LogP contribution in [0, 0.1) is 13.8 Å². The number of rotatable bonds is 4. The van der Waals surface area contributed by atoms with Crippen LogP contribution in [-0.4, -0.2) is 15.6 Å². The highest BCUT2D eigenvalue weighted by Crippen LogP contribution is 2.23. The average Bonchev–Trinajstić information content (AvgIpc) is 2.88. The third-order valence-electron chi connectivity index (χ3n) is 2.80. The Morgan fingerprint density at radius 3 is 2.72 bits per heavy atom. The molecule has 0 fully saturated rings. The number of hydrogen-bond donors (Lipinski definition) is 0. The van der Waals surface area contributed by atoms with Gasteiger partial charge in [0.25, 0.3) is 0 Å². The van der Waals surface area contributed by atoms with E-state index in [-0.39, 0.29) is 5.78 Å². The first-order valence-corrected chi connectivity index (χ1v) is 6.63. The molecule has 2 aromatic heterocycles. The Labute approximate surface area is 114 Å². The second kappa shape index (κ2) is 5.10. The number of carbonyl (C=O) groups excluding carboxylic acids is 1. The van der Waals surface area contributed by atoms with Crippen LogP contribution in [0.15, 0.2) is 21.0 Å². The molecule has 0 saturated heterocycles. The van der Waals surface area contributed by atoms with Crippen molar-refractivity contribution in [2.45, 2.75) is 33.7 Å². The first-order valence-electron chi connectivity index (χ1n) is 5.84. The van der Waals surface area contributed by atoms with Crippen molar-refractivity contribution in [2.24, 2.45) is 0 Å². The largest absolute Gasteiger partial charge is 0.458 e. The number of Topliss-reactive ketones (excluding diaryl/α,β-unsaturated/α-hetero) is 1. The van der Waals surface area contributed by atoms with Gasteiger partial charge in [-0.15, -0.1) is 0 Å². The lowest BCUT2D eigenvalue weighted by Gasteiger charge is -2.03. The molecule has 0 bridgehead atoms. The fourth-order valence-electron chi connectivity index (χ4n) is 1.86. The van der Waals surface area contributed by atoms with Gasteiger partial charge in [-0.05, 0) is 48.8 Å². The van der Waals surface area contributed by atoms with Crippen molar-refractivity contribution in [3.8, 4) is 0 Å². The number of furan rings is 1. The summed E-state index contributed by atoms with van der Waals surface area (Å²) >= 11 is 3.48. The molecule has 0 amide bonds. The van der Waals surface area contributed by atoms with Gasteiger partial charge in [0.1, 0.15) is 5.76 Å². The van der Waals surface area contributed by atoms with Crippen LogP contribution in [0.3, 0.4) is 0 Å². The molecule has 0 atom stereocenters. The van der Waals surface area contributed by atoms with E-state index in [1.54, 1.807) is 12.1 Å². The molecule has 2 rings (SSSR count). The van der Waals surface area contributed by atoms with Gasteiger partial charge >= 0.3 is 0 Å². The number of halogens is 1. The van der Waals surface area contributed by atoms with E-state index < -0.39 is 0 Å². The van der Waals surface area contributed by atoms with Crippen LogP contribution in [0.25, 0.3) is 0 Å². The fourth-order valence-corrected chi connectivity index (χ4v) is 2.29. The van der Waals surface area contributed by atoms with Gasteiger partial charge in [-0.2, -0.15) is 5.10 Å². The quantitative estimate of drug-likeness (QED) is 0.814. The highest BCUT2D eigenvalue weighted by molar-refractivity contribution is 9.10. The predicted molar refractivity (Wildman–Crippen MR) is 71.8 cm³/mol. The molecule has 0 aliphatic rings. The third kappa shape index (κ3) is 2.41. The van der Waals surface area contributed by atoms with Crippen molar-refractivity contribution in [3.63, 3.8) is 0 Å². The maximum Gasteiger partial charge on any atom is 0.203 e. The maximum absolute atomic E-state index is 12.1. The first kappa shape index (κ1) is 13.1. The Kier molecular flexibility index (Phi) is 3.71. The third-order valence-corrected chi connectivity index (χ3v) is 3.83. The van der Waals surface area contributed by atoms with Crippen LogP contribution >= 0.6 is 15.9 Å². The van der Waals surface area contributed by atoms with Crippen LogP contribution in [0.2, 0.25) is 0 Å². The number of aromatic nitrogens is 2. The molecule has 2 aromatic rings. The van der Waals surface area contributed by atoms with Gasteiger partial charge in [0.05, 0.1) is 22.3 Å². The zero-order chi connectivity index (χ0) is 13.3. The maximum atomic E-state index is 12.1. The Morgan fingerprint density at radius 1 is 1.44 bits per heavy atom. The summed E-state index contributed by atoms with van der Waals surface area (Å²) in [5, 5.41) is 4.37. The Hall–Kier alpha value is -1.36. The molecule has 0 saturated carbocycles. The topological polar surface area (TPSA) is 48.0 Å². The molecule has 0 N–H and O–H groups in total. The van der Waals surface area contributed by atoms with Gasteiger partial charge in [0.2, 0.25) is 5.78 Å². The Bertz CT molecular complexity index is 584. The second-order valence-electron chi connectivity index (χ2n) is 4.17. The van der Waals surface area contributed by atoms with Crippen LogP contribution in [0.1, 0.15) is 34.6 Å². The smallest absolute Gasteiger partial charge is 0.203 e. The summed E-state index contributed by atoms with van der Waals surface area (Å²) in [6.07, 6.45) is 0.294. The molecular weight excluding hydrogens is 296 g/mol. The van der Waals surface area contributed by atoms with Crippen molar-refractivity contribution in [1.29, 1.82) is 0 Å². The van der Waals surface area contributed by atoms with Crippen molar-refractivity contribution in [1.82, 2.24) is 9.78 Å². The zero-order valence-electron chi connectivity index (χ0n) is 10.7. The van der Waals surface area contributed by atoms with E-state index >= 15 is 0 Å². The fraction of sp³-hybridized carbons (Fsp3) is 0.385. The molecule has 0 aromatic carbocycles. The Balaban J connectivity index is 2.26. The molecule has 0 radical (unpaired) electrons. The molecule has 0 aliphatic carbocycles. The molecule has 0 spiro atoms. The highest BCUT2D eigenvalue weighted by Gasteiger charge is 2.18. The van der Waals surface area contributed by atoms with Crippen molar-refractivity contribution >= 4 is 21.7 Å². The summed E-state index contributed by atoms with van der Waals surface area (Å²) in [4.78, 5) is 12.1. The number of hydrogen-bond acceptors (Lipinski definition) is 3. The van der Waals surface area contributed by atoms with Gasteiger partial charge in [-0.1, -0.05) is 0 Å². The molecular formula is C13H15BrN2O2. The van der Waals surface area contributed by atoms with Crippen LogP contribution < -0.4 is 0 Å². The molecule has 2 heterocycles. The molecule has 96 valence electrons. The second-order valence-corrected chi connectivity index (χ2v) is 4.97.